The topological polar surface area (TPSA) is 72.2 Å². The SMILES string of the molecule is CC(C)c1ccccc1NC(=O)Cc1ccccc1[N+](=O)[O-]. The first-order chi connectivity index (χ1) is 10.5. The van der Waals surface area contributed by atoms with Crippen LogP contribution >= 0.6 is 0 Å². The van der Waals surface area contributed by atoms with Gasteiger partial charge in [0, 0.05) is 17.3 Å². The molecule has 0 aliphatic heterocycles. The van der Waals surface area contributed by atoms with Gasteiger partial charge in [-0.2, -0.15) is 0 Å². The standard InChI is InChI=1S/C17H18N2O3/c1-12(2)14-8-4-5-9-15(14)18-17(20)11-13-7-3-6-10-16(13)19(21)22/h3-10,12H,11H2,1-2H3,(H,18,20). The minimum Gasteiger partial charge on any atom is -0.326 e. The van der Waals surface area contributed by atoms with Gasteiger partial charge in [0.15, 0.2) is 0 Å². The fourth-order valence-corrected chi connectivity index (χ4v) is 2.32. The minimum absolute atomic E-state index is 0.0242. The maximum Gasteiger partial charge on any atom is 0.273 e. The van der Waals surface area contributed by atoms with Gasteiger partial charge in [0.05, 0.1) is 11.3 Å². The molecule has 0 heterocycles. The zero-order valence-electron chi connectivity index (χ0n) is 12.6. The molecule has 0 spiro atoms. The monoisotopic (exact) mass is 298 g/mol. The van der Waals surface area contributed by atoms with Gasteiger partial charge in [0.2, 0.25) is 5.91 Å². The van der Waals surface area contributed by atoms with Crippen molar-refractivity contribution in [3.05, 3.63) is 69.8 Å². The van der Waals surface area contributed by atoms with Crippen molar-refractivity contribution >= 4 is 17.3 Å². The van der Waals surface area contributed by atoms with Gasteiger partial charge in [-0.05, 0) is 17.5 Å². The van der Waals surface area contributed by atoms with Crippen molar-refractivity contribution in [2.75, 3.05) is 5.32 Å². The molecule has 2 aromatic carbocycles. The largest absolute Gasteiger partial charge is 0.326 e. The molecule has 114 valence electrons. The van der Waals surface area contributed by atoms with Crippen molar-refractivity contribution in [2.45, 2.75) is 26.2 Å². The molecule has 0 aliphatic carbocycles. The normalized spacial score (nSPS) is 10.5. The Morgan fingerprint density at radius 1 is 1.14 bits per heavy atom. The van der Waals surface area contributed by atoms with Gasteiger partial charge in [-0.1, -0.05) is 50.2 Å². The number of nitro groups is 1. The number of nitro benzene ring substituents is 1. The lowest BCUT2D eigenvalue weighted by Crippen LogP contribution is -2.16. The van der Waals surface area contributed by atoms with E-state index in [-0.39, 0.29) is 23.9 Å². The lowest BCUT2D eigenvalue weighted by molar-refractivity contribution is -0.385. The van der Waals surface area contributed by atoms with Gasteiger partial charge >= 0.3 is 0 Å². The molecule has 0 bridgehead atoms. The van der Waals surface area contributed by atoms with E-state index >= 15 is 0 Å². The number of carbonyl (C=O) groups is 1. The third-order valence-corrected chi connectivity index (χ3v) is 3.40. The highest BCUT2D eigenvalue weighted by Crippen LogP contribution is 2.24. The Kier molecular flexibility index (Phi) is 4.88. The fraction of sp³-hybridized carbons (Fsp3) is 0.235. The number of benzene rings is 2. The van der Waals surface area contributed by atoms with Crippen LogP contribution in [0, 0.1) is 10.1 Å². The summed E-state index contributed by atoms with van der Waals surface area (Å²) in [7, 11) is 0. The summed E-state index contributed by atoms with van der Waals surface area (Å²) in [5.74, 6) is 0.0185. The Labute approximate surface area is 129 Å². The first-order valence-electron chi connectivity index (χ1n) is 7.10. The smallest absolute Gasteiger partial charge is 0.273 e. The quantitative estimate of drug-likeness (QED) is 0.672. The molecule has 0 saturated heterocycles. The van der Waals surface area contributed by atoms with E-state index in [9.17, 15) is 14.9 Å². The number of anilines is 1. The van der Waals surface area contributed by atoms with E-state index in [2.05, 4.69) is 5.32 Å². The molecule has 0 unspecified atom stereocenters. The maximum absolute atomic E-state index is 12.2. The summed E-state index contributed by atoms with van der Waals surface area (Å²) in [5.41, 5.74) is 2.17. The first-order valence-corrected chi connectivity index (χ1v) is 7.10. The highest BCUT2D eigenvalue weighted by atomic mass is 16.6. The van der Waals surface area contributed by atoms with Gasteiger partial charge in [-0.25, -0.2) is 0 Å². The van der Waals surface area contributed by atoms with Gasteiger partial charge in [-0.15, -0.1) is 0 Å². The number of hydrogen-bond acceptors (Lipinski definition) is 3. The van der Waals surface area contributed by atoms with Crippen LogP contribution in [0.4, 0.5) is 11.4 Å². The fourth-order valence-electron chi connectivity index (χ4n) is 2.32. The van der Waals surface area contributed by atoms with Crippen molar-refractivity contribution in [1.82, 2.24) is 0 Å². The highest BCUT2D eigenvalue weighted by Gasteiger charge is 2.16. The van der Waals surface area contributed by atoms with Crippen LogP contribution < -0.4 is 5.32 Å². The van der Waals surface area contributed by atoms with Crippen LogP contribution in [-0.4, -0.2) is 10.8 Å². The second-order valence-electron chi connectivity index (χ2n) is 5.35. The number of carbonyl (C=O) groups excluding carboxylic acids is 1. The van der Waals surface area contributed by atoms with Crippen LogP contribution in [-0.2, 0) is 11.2 Å². The molecule has 0 aliphatic rings. The van der Waals surface area contributed by atoms with E-state index in [1.54, 1.807) is 18.2 Å². The summed E-state index contributed by atoms with van der Waals surface area (Å²) in [5, 5.41) is 13.8. The van der Waals surface area contributed by atoms with E-state index < -0.39 is 4.92 Å². The number of nitrogens with one attached hydrogen (secondary N) is 1. The molecule has 0 aromatic heterocycles. The second-order valence-corrected chi connectivity index (χ2v) is 5.35. The number of nitrogens with zero attached hydrogens (tertiary/aromatic N) is 1. The molecule has 2 rings (SSSR count). The summed E-state index contributed by atoms with van der Waals surface area (Å²) in [6, 6.07) is 13.9. The van der Waals surface area contributed by atoms with Crippen LogP contribution in [0.5, 0.6) is 0 Å². The molecule has 0 saturated carbocycles. The van der Waals surface area contributed by atoms with E-state index in [0.29, 0.717) is 5.56 Å². The second kappa shape index (κ2) is 6.85. The zero-order chi connectivity index (χ0) is 16.1. The van der Waals surface area contributed by atoms with E-state index in [1.807, 2.05) is 38.1 Å². The van der Waals surface area contributed by atoms with Gasteiger partial charge in [-0.3, -0.25) is 14.9 Å². The Hall–Kier alpha value is -2.69. The average Bonchev–Trinajstić information content (AvgIpc) is 2.47. The predicted molar refractivity (Wildman–Crippen MR) is 86.0 cm³/mol. The van der Waals surface area contributed by atoms with Crippen molar-refractivity contribution < 1.29 is 9.72 Å². The Morgan fingerprint density at radius 3 is 2.45 bits per heavy atom. The lowest BCUT2D eigenvalue weighted by Gasteiger charge is -2.13. The molecule has 2 aromatic rings. The van der Waals surface area contributed by atoms with Gasteiger partial charge < -0.3 is 5.32 Å². The summed E-state index contributed by atoms with van der Waals surface area (Å²) >= 11 is 0. The van der Waals surface area contributed by atoms with E-state index in [4.69, 9.17) is 0 Å². The average molecular weight is 298 g/mol. The van der Waals surface area contributed by atoms with Crippen LogP contribution in [0.1, 0.15) is 30.9 Å². The summed E-state index contributed by atoms with van der Waals surface area (Å²) in [6.45, 7) is 4.10. The Morgan fingerprint density at radius 2 is 1.77 bits per heavy atom. The molecule has 5 nitrogen and oxygen atoms in total. The van der Waals surface area contributed by atoms with E-state index in [1.165, 1.54) is 6.07 Å². The van der Waals surface area contributed by atoms with E-state index in [0.717, 1.165) is 11.3 Å². The Balaban J connectivity index is 2.17. The predicted octanol–water partition coefficient (Wildman–Crippen LogP) is 3.90. The number of amides is 1. The van der Waals surface area contributed by atoms with Gasteiger partial charge in [0.25, 0.3) is 5.69 Å². The molecular formula is C17H18N2O3. The van der Waals surface area contributed by atoms with Gasteiger partial charge in [0.1, 0.15) is 0 Å². The van der Waals surface area contributed by atoms with Crippen LogP contribution in [0.3, 0.4) is 0 Å². The van der Waals surface area contributed by atoms with Crippen molar-refractivity contribution in [2.24, 2.45) is 0 Å². The number of hydrogen-bond donors (Lipinski definition) is 1. The molecule has 0 fully saturated rings. The molecule has 22 heavy (non-hydrogen) atoms. The lowest BCUT2D eigenvalue weighted by atomic mass is 10.0. The van der Waals surface area contributed by atoms with Crippen molar-refractivity contribution in [3.8, 4) is 0 Å². The summed E-state index contributed by atoms with van der Waals surface area (Å²) in [4.78, 5) is 22.7. The highest BCUT2D eigenvalue weighted by molar-refractivity contribution is 5.93. The molecule has 0 atom stereocenters. The minimum atomic E-state index is -0.468. The van der Waals surface area contributed by atoms with Crippen molar-refractivity contribution in [1.29, 1.82) is 0 Å². The maximum atomic E-state index is 12.2. The molecular weight excluding hydrogens is 280 g/mol. The third-order valence-electron chi connectivity index (χ3n) is 3.40. The summed E-state index contributed by atoms with van der Waals surface area (Å²) < 4.78 is 0. The van der Waals surface area contributed by atoms with Crippen LogP contribution in [0.2, 0.25) is 0 Å². The molecule has 1 N–H and O–H groups in total. The zero-order valence-corrected chi connectivity index (χ0v) is 12.6. The van der Waals surface area contributed by atoms with Crippen molar-refractivity contribution in [3.63, 3.8) is 0 Å². The summed E-state index contributed by atoms with van der Waals surface area (Å²) in [6.07, 6.45) is -0.0242. The van der Waals surface area contributed by atoms with Crippen LogP contribution in [0.15, 0.2) is 48.5 Å². The number of para-hydroxylation sites is 2. The first kappa shape index (κ1) is 15.7. The molecule has 1 amide bonds. The molecule has 0 radical (unpaired) electrons. The Bertz CT molecular complexity index is 696. The number of rotatable bonds is 5. The third kappa shape index (κ3) is 3.69. The molecule has 5 heteroatoms. The van der Waals surface area contributed by atoms with Crippen LogP contribution in [0.25, 0.3) is 0 Å².